The maximum Gasteiger partial charge on any atom is 0.191 e. The summed E-state index contributed by atoms with van der Waals surface area (Å²) in [5, 5.41) is 7.57. The van der Waals surface area contributed by atoms with Gasteiger partial charge in [-0.3, -0.25) is 5.43 Å². The lowest BCUT2D eigenvalue weighted by Crippen LogP contribution is -2.23. The smallest absolute Gasteiger partial charge is 0.191 e. The summed E-state index contributed by atoms with van der Waals surface area (Å²) in [6.45, 7) is 4.07. The van der Waals surface area contributed by atoms with Crippen molar-refractivity contribution in [2.75, 3.05) is 19.0 Å². The van der Waals surface area contributed by atoms with Gasteiger partial charge in [0.25, 0.3) is 0 Å². The molecule has 130 valence electrons. The predicted molar refractivity (Wildman–Crippen MR) is 110 cm³/mol. The van der Waals surface area contributed by atoms with Crippen LogP contribution < -0.4 is 20.2 Å². The Balaban J connectivity index is 1.96. The van der Waals surface area contributed by atoms with Crippen molar-refractivity contribution in [1.82, 2.24) is 5.43 Å². The van der Waals surface area contributed by atoms with E-state index in [0.717, 1.165) is 21.5 Å². The number of halogens is 1. The quantitative estimate of drug-likeness (QED) is 0.302. The number of hydrogen-bond donors (Lipinski definition) is 2. The molecule has 0 amide bonds. The van der Waals surface area contributed by atoms with Gasteiger partial charge in [0.1, 0.15) is 18.1 Å². The van der Waals surface area contributed by atoms with Crippen molar-refractivity contribution < 1.29 is 9.47 Å². The van der Waals surface area contributed by atoms with Crippen LogP contribution in [0.15, 0.2) is 64.7 Å². The minimum absolute atomic E-state index is 0.380. The molecule has 0 aliphatic heterocycles. The van der Waals surface area contributed by atoms with E-state index < -0.39 is 0 Å². The molecule has 0 fully saturated rings. The summed E-state index contributed by atoms with van der Waals surface area (Å²) < 4.78 is 11.6. The molecule has 0 aliphatic rings. The molecule has 0 aliphatic carbocycles. The highest BCUT2D eigenvalue weighted by Crippen LogP contribution is 2.21. The summed E-state index contributed by atoms with van der Waals surface area (Å²) in [7, 11) is 1.62. The van der Waals surface area contributed by atoms with Gasteiger partial charge in [0.05, 0.1) is 13.3 Å². The van der Waals surface area contributed by atoms with Gasteiger partial charge in [-0.05, 0) is 54.7 Å². The average Bonchev–Trinajstić information content (AvgIpc) is 2.61. The SMILES string of the molecule is C=CCOc1ccc(Br)cc1/C=N\NC(=S)Nc1ccc(OC)cc1. The predicted octanol–water partition coefficient (Wildman–Crippen LogP) is 4.34. The van der Waals surface area contributed by atoms with Crippen LogP contribution in [0.5, 0.6) is 11.5 Å². The maximum absolute atomic E-state index is 5.60. The molecule has 0 atom stereocenters. The van der Waals surface area contributed by atoms with Gasteiger partial charge in [-0.25, -0.2) is 0 Å². The normalized spacial score (nSPS) is 10.3. The Morgan fingerprint density at radius 3 is 2.72 bits per heavy atom. The molecule has 0 saturated heterocycles. The molecule has 0 saturated carbocycles. The highest BCUT2D eigenvalue weighted by Gasteiger charge is 2.02. The number of rotatable bonds is 7. The number of thiocarbonyl (C=S) groups is 1. The van der Waals surface area contributed by atoms with Crippen molar-refractivity contribution in [1.29, 1.82) is 0 Å². The van der Waals surface area contributed by atoms with E-state index in [2.05, 4.69) is 38.4 Å². The van der Waals surface area contributed by atoms with Crippen LogP contribution in [0.25, 0.3) is 0 Å². The highest BCUT2D eigenvalue weighted by molar-refractivity contribution is 9.10. The van der Waals surface area contributed by atoms with E-state index in [0.29, 0.717) is 17.5 Å². The van der Waals surface area contributed by atoms with Gasteiger partial charge in [-0.15, -0.1) is 0 Å². The number of hydrazone groups is 1. The molecule has 2 aromatic carbocycles. The van der Waals surface area contributed by atoms with Gasteiger partial charge >= 0.3 is 0 Å². The monoisotopic (exact) mass is 419 g/mol. The van der Waals surface area contributed by atoms with Crippen LogP contribution in [0, 0.1) is 0 Å². The standard InChI is InChI=1S/C18H18BrN3O2S/c1-3-10-24-17-9-4-14(19)11-13(17)12-20-22-18(25)21-15-5-7-16(23-2)8-6-15/h3-9,11-12H,1,10H2,2H3,(H2,21,22,25)/b20-12-. The fourth-order valence-electron chi connectivity index (χ4n) is 1.89. The summed E-state index contributed by atoms with van der Waals surface area (Å²) in [5.74, 6) is 1.49. The summed E-state index contributed by atoms with van der Waals surface area (Å²) in [4.78, 5) is 0. The Labute approximate surface area is 160 Å². The molecule has 0 unspecified atom stereocenters. The lowest BCUT2D eigenvalue weighted by Gasteiger charge is -2.09. The summed E-state index contributed by atoms with van der Waals surface area (Å²) in [5.41, 5.74) is 4.43. The summed E-state index contributed by atoms with van der Waals surface area (Å²) in [6.07, 6.45) is 3.33. The fraction of sp³-hybridized carbons (Fsp3) is 0.111. The molecule has 2 rings (SSSR count). The van der Waals surface area contributed by atoms with Gasteiger partial charge in [0, 0.05) is 15.7 Å². The zero-order valence-electron chi connectivity index (χ0n) is 13.7. The molecule has 0 heterocycles. The van der Waals surface area contributed by atoms with E-state index in [1.807, 2.05) is 42.5 Å². The third-order valence-electron chi connectivity index (χ3n) is 3.05. The van der Waals surface area contributed by atoms with Crippen LogP contribution in [0.3, 0.4) is 0 Å². The minimum Gasteiger partial charge on any atom is -0.497 e. The second kappa shape index (κ2) is 9.80. The number of anilines is 1. The number of methoxy groups -OCH3 is 1. The van der Waals surface area contributed by atoms with E-state index in [1.54, 1.807) is 19.4 Å². The second-order valence-corrected chi connectivity index (χ2v) is 6.16. The molecule has 0 aromatic heterocycles. The Morgan fingerprint density at radius 1 is 1.28 bits per heavy atom. The topological polar surface area (TPSA) is 54.9 Å². The van der Waals surface area contributed by atoms with Gasteiger partial charge in [-0.1, -0.05) is 28.6 Å². The Morgan fingerprint density at radius 2 is 2.04 bits per heavy atom. The molecule has 25 heavy (non-hydrogen) atoms. The van der Waals surface area contributed by atoms with E-state index in [4.69, 9.17) is 21.7 Å². The first kappa shape index (κ1) is 19.0. The first-order valence-electron chi connectivity index (χ1n) is 7.39. The molecular formula is C18H18BrN3O2S. The van der Waals surface area contributed by atoms with Gasteiger partial charge in [-0.2, -0.15) is 5.10 Å². The van der Waals surface area contributed by atoms with Gasteiger partial charge in [0.15, 0.2) is 5.11 Å². The first-order chi connectivity index (χ1) is 12.1. The largest absolute Gasteiger partial charge is 0.497 e. The van der Waals surface area contributed by atoms with Gasteiger partial charge < -0.3 is 14.8 Å². The Hall–Kier alpha value is -2.38. The van der Waals surface area contributed by atoms with Gasteiger partial charge in [0.2, 0.25) is 0 Å². The molecule has 0 radical (unpaired) electrons. The van der Waals surface area contributed by atoms with Crippen LogP contribution >= 0.6 is 28.1 Å². The lowest BCUT2D eigenvalue weighted by molar-refractivity contribution is 0.362. The van der Waals surface area contributed by atoms with Crippen molar-refractivity contribution in [3.05, 3.63) is 65.2 Å². The second-order valence-electron chi connectivity index (χ2n) is 4.83. The molecule has 0 spiro atoms. The molecule has 7 heteroatoms. The molecule has 5 nitrogen and oxygen atoms in total. The number of hydrogen-bond acceptors (Lipinski definition) is 4. The Bertz CT molecular complexity index is 763. The van der Waals surface area contributed by atoms with Crippen molar-refractivity contribution in [2.45, 2.75) is 0 Å². The van der Waals surface area contributed by atoms with E-state index in [9.17, 15) is 0 Å². The van der Waals surface area contributed by atoms with Crippen molar-refractivity contribution in [3.63, 3.8) is 0 Å². The summed E-state index contributed by atoms with van der Waals surface area (Å²) >= 11 is 8.66. The molecule has 0 bridgehead atoms. The van der Waals surface area contributed by atoms with Crippen molar-refractivity contribution in [3.8, 4) is 11.5 Å². The Kier molecular flexibility index (Phi) is 7.43. The zero-order valence-corrected chi connectivity index (χ0v) is 16.1. The van der Waals surface area contributed by atoms with E-state index in [-0.39, 0.29) is 0 Å². The van der Waals surface area contributed by atoms with Crippen LogP contribution in [0.1, 0.15) is 5.56 Å². The lowest BCUT2D eigenvalue weighted by atomic mass is 10.2. The highest BCUT2D eigenvalue weighted by atomic mass is 79.9. The van der Waals surface area contributed by atoms with Crippen LogP contribution in [-0.2, 0) is 0 Å². The first-order valence-corrected chi connectivity index (χ1v) is 8.60. The number of nitrogens with zero attached hydrogens (tertiary/aromatic N) is 1. The maximum atomic E-state index is 5.60. The number of benzene rings is 2. The van der Waals surface area contributed by atoms with Crippen molar-refractivity contribution in [2.24, 2.45) is 5.10 Å². The van der Waals surface area contributed by atoms with Crippen LogP contribution in [-0.4, -0.2) is 25.0 Å². The number of nitrogens with one attached hydrogen (secondary N) is 2. The summed E-state index contributed by atoms with van der Waals surface area (Å²) in [6, 6.07) is 13.1. The minimum atomic E-state index is 0.380. The van der Waals surface area contributed by atoms with Crippen molar-refractivity contribution >= 4 is 45.2 Å². The molecular weight excluding hydrogens is 402 g/mol. The molecule has 2 N–H and O–H groups in total. The van der Waals surface area contributed by atoms with Crippen LogP contribution in [0.2, 0.25) is 0 Å². The third kappa shape index (κ3) is 6.21. The van der Waals surface area contributed by atoms with Crippen LogP contribution in [0.4, 0.5) is 5.69 Å². The molecule has 2 aromatic rings. The van der Waals surface area contributed by atoms with E-state index in [1.165, 1.54) is 0 Å². The number of ether oxygens (including phenoxy) is 2. The van der Waals surface area contributed by atoms with E-state index >= 15 is 0 Å². The fourth-order valence-corrected chi connectivity index (χ4v) is 2.44. The zero-order chi connectivity index (χ0) is 18.1. The third-order valence-corrected chi connectivity index (χ3v) is 3.73. The average molecular weight is 420 g/mol.